The lowest BCUT2D eigenvalue weighted by atomic mass is 9.98. The molecule has 0 spiro atoms. The molecule has 1 aliphatic rings. The molecule has 0 aliphatic carbocycles. The molecule has 20 heavy (non-hydrogen) atoms. The number of piperidine rings is 1. The largest absolute Gasteiger partial charge is 0.487 e. The van der Waals surface area contributed by atoms with Crippen molar-refractivity contribution < 1.29 is 14.3 Å². The minimum atomic E-state index is -0.142. The van der Waals surface area contributed by atoms with Gasteiger partial charge in [0.25, 0.3) is 0 Å². The van der Waals surface area contributed by atoms with Crippen LogP contribution < -0.4 is 9.64 Å². The average Bonchev–Trinajstić information content (AvgIpc) is 2.46. The molecule has 0 radical (unpaired) electrons. The number of carbonyl (C=O) groups is 1. The number of carbonyl (C=O) groups excluding carboxylic acids is 1. The highest BCUT2D eigenvalue weighted by Gasteiger charge is 2.28. The van der Waals surface area contributed by atoms with Gasteiger partial charge in [-0.2, -0.15) is 0 Å². The Labute approximate surface area is 119 Å². The fourth-order valence-electron chi connectivity index (χ4n) is 2.49. The van der Waals surface area contributed by atoms with Crippen LogP contribution in [0, 0.1) is 5.92 Å². The lowest BCUT2D eigenvalue weighted by molar-refractivity contribution is -0.145. The van der Waals surface area contributed by atoms with Crippen molar-refractivity contribution in [1.82, 2.24) is 4.98 Å². The Morgan fingerprint density at radius 2 is 2.30 bits per heavy atom. The van der Waals surface area contributed by atoms with Crippen molar-refractivity contribution in [3.63, 3.8) is 0 Å². The van der Waals surface area contributed by atoms with E-state index in [-0.39, 0.29) is 18.0 Å². The molecule has 1 aliphatic heterocycles. The van der Waals surface area contributed by atoms with Gasteiger partial charge < -0.3 is 14.4 Å². The summed E-state index contributed by atoms with van der Waals surface area (Å²) in [6.45, 7) is 5.51. The van der Waals surface area contributed by atoms with E-state index in [4.69, 9.17) is 9.47 Å². The Morgan fingerprint density at radius 3 is 3.00 bits per heavy atom. The van der Waals surface area contributed by atoms with Crippen LogP contribution >= 0.6 is 0 Å². The highest BCUT2D eigenvalue weighted by molar-refractivity contribution is 5.73. The molecule has 5 nitrogen and oxygen atoms in total. The maximum Gasteiger partial charge on any atom is 0.310 e. The van der Waals surface area contributed by atoms with Gasteiger partial charge in [0.05, 0.1) is 19.1 Å². The minimum Gasteiger partial charge on any atom is -0.487 e. The van der Waals surface area contributed by atoms with Gasteiger partial charge in [-0.05, 0) is 38.8 Å². The number of nitrogens with zero attached hydrogens (tertiary/aromatic N) is 2. The number of ether oxygens (including phenoxy) is 2. The van der Waals surface area contributed by atoms with Crippen LogP contribution in [0.4, 0.5) is 5.82 Å². The van der Waals surface area contributed by atoms with Crippen molar-refractivity contribution in [3.05, 3.63) is 18.3 Å². The molecule has 110 valence electrons. The van der Waals surface area contributed by atoms with Gasteiger partial charge in [0.2, 0.25) is 0 Å². The molecule has 0 saturated carbocycles. The van der Waals surface area contributed by atoms with Crippen LogP contribution in [-0.2, 0) is 9.53 Å². The quantitative estimate of drug-likeness (QED) is 0.791. The van der Waals surface area contributed by atoms with Crippen LogP contribution in [0.1, 0.15) is 26.7 Å². The standard InChI is InChI=1S/C15H22N2O3/c1-11(2)20-13-7-4-8-16-14(13)17-9-5-6-12(10-17)15(18)19-3/h4,7-8,11-12H,5-6,9-10H2,1-3H3. The summed E-state index contributed by atoms with van der Waals surface area (Å²) in [5.41, 5.74) is 0. The lowest BCUT2D eigenvalue weighted by Crippen LogP contribution is -2.39. The van der Waals surface area contributed by atoms with Gasteiger partial charge in [-0.25, -0.2) is 4.98 Å². The third-order valence-electron chi connectivity index (χ3n) is 3.37. The molecule has 1 aromatic rings. The summed E-state index contributed by atoms with van der Waals surface area (Å²) in [5.74, 6) is 1.36. The van der Waals surface area contributed by atoms with E-state index in [2.05, 4.69) is 9.88 Å². The summed E-state index contributed by atoms with van der Waals surface area (Å²) < 4.78 is 10.7. The number of esters is 1. The van der Waals surface area contributed by atoms with Gasteiger partial charge in [-0.3, -0.25) is 4.79 Å². The molecular formula is C15H22N2O3. The second-order valence-corrected chi connectivity index (χ2v) is 5.30. The Morgan fingerprint density at radius 1 is 1.50 bits per heavy atom. The second-order valence-electron chi connectivity index (χ2n) is 5.30. The number of pyridine rings is 1. The van der Waals surface area contributed by atoms with E-state index in [9.17, 15) is 4.79 Å². The molecule has 0 amide bonds. The SMILES string of the molecule is COC(=O)C1CCCN(c2ncccc2OC(C)C)C1. The predicted octanol–water partition coefficient (Wildman–Crippen LogP) is 2.26. The molecule has 1 aromatic heterocycles. The molecule has 0 N–H and O–H groups in total. The van der Waals surface area contributed by atoms with E-state index < -0.39 is 0 Å². The van der Waals surface area contributed by atoms with E-state index in [1.165, 1.54) is 7.11 Å². The first-order chi connectivity index (χ1) is 9.61. The maximum absolute atomic E-state index is 11.7. The normalized spacial score (nSPS) is 19.0. The number of methoxy groups -OCH3 is 1. The van der Waals surface area contributed by atoms with Crippen molar-refractivity contribution in [2.75, 3.05) is 25.1 Å². The number of hydrogen-bond donors (Lipinski definition) is 0. The number of anilines is 1. The molecule has 1 atom stereocenters. The zero-order valence-electron chi connectivity index (χ0n) is 12.3. The van der Waals surface area contributed by atoms with Gasteiger partial charge in [0.15, 0.2) is 11.6 Å². The Bertz CT molecular complexity index is 462. The van der Waals surface area contributed by atoms with Gasteiger partial charge in [-0.15, -0.1) is 0 Å². The van der Waals surface area contributed by atoms with Crippen LogP contribution in [-0.4, -0.2) is 37.3 Å². The van der Waals surface area contributed by atoms with Crippen molar-refractivity contribution >= 4 is 11.8 Å². The third kappa shape index (κ3) is 3.40. The van der Waals surface area contributed by atoms with Crippen molar-refractivity contribution in [1.29, 1.82) is 0 Å². The predicted molar refractivity (Wildman–Crippen MR) is 77.0 cm³/mol. The Balaban J connectivity index is 2.16. The van der Waals surface area contributed by atoms with Crippen LogP contribution in [0.3, 0.4) is 0 Å². The van der Waals surface area contributed by atoms with Gasteiger partial charge in [0.1, 0.15) is 0 Å². The fourth-order valence-corrected chi connectivity index (χ4v) is 2.49. The smallest absolute Gasteiger partial charge is 0.310 e. The molecule has 1 unspecified atom stereocenters. The van der Waals surface area contributed by atoms with E-state index >= 15 is 0 Å². The van der Waals surface area contributed by atoms with Gasteiger partial charge in [0, 0.05) is 19.3 Å². The van der Waals surface area contributed by atoms with E-state index in [0.717, 1.165) is 31.0 Å². The molecule has 0 aromatic carbocycles. The molecule has 2 rings (SSSR count). The molecule has 5 heteroatoms. The van der Waals surface area contributed by atoms with Crippen molar-refractivity contribution in [2.24, 2.45) is 5.92 Å². The number of rotatable bonds is 4. The summed E-state index contributed by atoms with van der Waals surface area (Å²) in [7, 11) is 1.44. The van der Waals surface area contributed by atoms with Crippen molar-refractivity contribution in [3.8, 4) is 5.75 Å². The first-order valence-corrected chi connectivity index (χ1v) is 7.06. The Kier molecular flexibility index (Phi) is 4.82. The van der Waals surface area contributed by atoms with Crippen LogP contribution in [0.5, 0.6) is 5.75 Å². The molecular weight excluding hydrogens is 256 g/mol. The molecule has 2 heterocycles. The third-order valence-corrected chi connectivity index (χ3v) is 3.37. The molecule has 0 bridgehead atoms. The molecule has 1 saturated heterocycles. The van der Waals surface area contributed by atoms with Crippen LogP contribution in [0.15, 0.2) is 18.3 Å². The topological polar surface area (TPSA) is 51.7 Å². The first-order valence-electron chi connectivity index (χ1n) is 7.06. The first kappa shape index (κ1) is 14.6. The summed E-state index contributed by atoms with van der Waals surface area (Å²) in [6.07, 6.45) is 3.68. The van der Waals surface area contributed by atoms with E-state index in [0.29, 0.717) is 6.54 Å². The van der Waals surface area contributed by atoms with Crippen molar-refractivity contribution in [2.45, 2.75) is 32.8 Å². The van der Waals surface area contributed by atoms with Gasteiger partial charge in [-0.1, -0.05) is 0 Å². The van der Waals surface area contributed by atoms with E-state index in [1.807, 2.05) is 26.0 Å². The summed E-state index contributed by atoms with van der Waals surface area (Å²) >= 11 is 0. The highest BCUT2D eigenvalue weighted by Crippen LogP contribution is 2.30. The minimum absolute atomic E-state index is 0.0809. The average molecular weight is 278 g/mol. The zero-order chi connectivity index (χ0) is 14.5. The monoisotopic (exact) mass is 278 g/mol. The lowest BCUT2D eigenvalue weighted by Gasteiger charge is -2.33. The summed E-state index contributed by atoms with van der Waals surface area (Å²) in [6, 6.07) is 3.78. The summed E-state index contributed by atoms with van der Waals surface area (Å²) in [5, 5.41) is 0. The number of hydrogen-bond acceptors (Lipinski definition) is 5. The maximum atomic E-state index is 11.7. The van der Waals surface area contributed by atoms with Crippen LogP contribution in [0.25, 0.3) is 0 Å². The highest BCUT2D eigenvalue weighted by atomic mass is 16.5. The van der Waals surface area contributed by atoms with Crippen LogP contribution in [0.2, 0.25) is 0 Å². The Hall–Kier alpha value is -1.78. The summed E-state index contributed by atoms with van der Waals surface area (Å²) in [4.78, 5) is 18.2. The number of aromatic nitrogens is 1. The second kappa shape index (κ2) is 6.59. The molecule has 1 fully saturated rings. The zero-order valence-corrected chi connectivity index (χ0v) is 12.3. The van der Waals surface area contributed by atoms with Gasteiger partial charge >= 0.3 is 5.97 Å². The fraction of sp³-hybridized carbons (Fsp3) is 0.600. The van der Waals surface area contributed by atoms with E-state index in [1.54, 1.807) is 6.20 Å².